The number of carboxylic acids is 1. The molecular weight excluding hydrogens is 331 g/mol. The van der Waals surface area contributed by atoms with E-state index in [1.165, 1.54) is 0 Å². The minimum atomic E-state index is -4.61. The molecule has 11 heteroatoms. The van der Waals surface area contributed by atoms with E-state index in [0.717, 1.165) is 18.3 Å². The maximum atomic E-state index is 12.2. The Morgan fingerprint density at radius 1 is 1.35 bits per heavy atom. The SMILES string of the molecule is O=C(NC(CC(F)F)C(=O)O)c1ccnc(OCC(F)(F)F)c1. The zero-order valence-electron chi connectivity index (χ0n) is 11.3. The van der Waals surface area contributed by atoms with Crippen LogP contribution in [-0.2, 0) is 4.79 Å². The molecule has 2 N–H and O–H groups in total. The second-order valence-corrected chi connectivity index (χ2v) is 4.28. The van der Waals surface area contributed by atoms with E-state index in [1.807, 2.05) is 5.32 Å². The van der Waals surface area contributed by atoms with Gasteiger partial charge in [-0.1, -0.05) is 0 Å². The summed E-state index contributed by atoms with van der Waals surface area (Å²) in [5.74, 6) is -3.24. The highest BCUT2D eigenvalue weighted by Gasteiger charge is 2.29. The first-order valence-electron chi connectivity index (χ1n) is 6.06. The number of rotatable bonds is 7. The molecule has 0 aliphatic rings. The molecule has 1 heterocycles. The molecule has 1 amide bonds. The van der Waals surface area contributed by atoms with Gasteiger partial charge < -0.3 is 15.2 Å². The lowest BCUT2D eigenvalue weighted by Crippen LogP contribution is -2.42. The summed E-state index contributed by atoms with van der Waals surface area (Å²) < 4.78 is 64.8. The maximum absolute atomic E-state index is 12.2. The average Bonchev–Trinajstić information content (AvgIpc) is 2.43. The van der Waals surface area contributed by atoms with Crippen molar-refractivity contribution in [3.05, 3.63) is 23.9 Å². The van der Waals surface area contributed by atoms with Crippen LogP contribution in [0.2, 0.25) is 0 Å². The number of aromatic nitrogens is 1. The number of alkyl halides is 5. The molecule has 0 saturated heterocycles. The largest absolute Gasteiger partial charge is 0.480 e. The molecule has 0 saturated carbocycles. The summed E-state index contributed by atoms with van der Waals surface area (Å²) in [4.78, 5) is 26.0. The van der Waals surface area contributed by atoms with Gasteiger partial charge in [0.1, 0.15) is 6.04 Å². The summed E-state index contributed by atoms with van der Waals surface area (Å²) in [6.07, 6.45) is -7.71. The van der Waals surface area contributed by atoms with E-state index < -0.39 is 49.4 Å². The number of carboxylic acid groups (broad SMARTS) is 1. The van der Waals surface area contributed by atoms with Crippen LogP contribution < -0.4 is 10.1 Å². The summed E-state index contributed by atoms with van der Waals surface area (Å²) in [7, 11) is 0. The normalized spacial score (nSPS) is 12.8. The van der Waals surface area contributed by atoms with Crippen LogP contribution in [0.1, 0.15) is 16.8 Å². The molecule has 0 aromatic carbocycles. The second kappa shape index (κ2) is 7.70. The van der Waals surface area contributed by atoms with Crippen molar-refractivity contribution in [2.75, 3.05) is 6.61 Å². The number of hydrogen-bond acceptors (Lipinski definition) is 4. The lowest BCUT2D eigenvalue weighted by atomic mass is 10.2. The zero-order valence-corrected chi connectivity index (χ0v) is 11.3. The predicted octanol–water partition coefficient (Wildman–Crippen LogP) is 1.86. The van der Waals surface area contributed by atoms with Gasteiger partial charge in [-0.15, -0.1) is 0 Å². The molecule has 0 aliphatic carbocycles. The van der Waals surface area contributed by atoms with E-state index in [0.29, 0.717) is 0 Å². The lowest BCUT2D eigenvalue weighted by molar-refractivity contribution is -0.154. The molecule has 0 bridgehead atoms. The van der Waals surface area contributed by atoms with Crippen LogP contribution in [-0.4, -0.2) is 47.2 Å². The molecule has 1 aromatic rings. The molecule has 1 rings (SSSR count). The van der Waals surface area contributed by atoms with Crippen LogP contribution in [0.4, 0.5) is 22.0 Å². The topological polar surface area (TPSA) is 88.5 Å². The molecule has 0 fully saturated rings. The second-order valence-electron chi connectivity index (χ2n) is 4.28. The van der Waals surface area contributed by atoms with Gasteiger partial charge in [-0.2, -0.15) is 13.2 Å². The third kappa shape index (κ3) is 6.89. The Morgan fingerprint density at radius 3 is 2.52 bits per heavy atom. The number of hydrogen-bond donors (Lipinski definition) is 2. The van der Waals surface area contributed by atoms with Crippen molar-refractivity contribution in [2.45, 2.75) is 25.1 Å². The van der Waals surface area contributed by atoms with E-state index in [-0.39, 0.29) is 5.56 Å². The molecule has 0 radical (unpaired) electrons. The molecule has 128 valence electrons. The monoisotopic (exact) mass is 342 g/mol. The van der Waals surface area contributed by atoms with Crippen LogP contribution in [0.15, 0.2) is 18.3 Å². The Morgan fingerprint density at radius 2 is 2.00 bits per heavy atom. The van der Waals surface area contributed by atoms with Gasteiger partial charge in [0.25, 0.3) is 5.91 Å². The highest BCUT2D eigenvalue weighted by molar-refractivity contribution is 5.96. The number of carbonyl (C=O) groups excluding carboxylic acids is 1. The van der Waals surface area contributed by atoms with Crippen molar-refractivity contribution >= 4 is 11.9 Å². The Hall–Kier alpha value is -2.46. The fraction of sp³-hybridized carbons (Fsp3) is 0.417. The number of halogens is 5. The Balaban J connectivity index is 2.77. The van der Waals surface area contributed by atoms with Crippen LogP contribution in [0.5, 0.6) is 5.88 Å². The highest BCUT2D eigenvalue weighted by atomic mass is 19.4. The van der Waals surface area contributed by atoms with Crippen LogP contribution in [0.25, 0.3) is 0 Å². The van der Waals surface area contributed by atoms with Gasteiger partial charge in [-0.3, -0.25) is 4.79 Å². The van der Waals surface area contributed by atoms with E-state index in [4.69, 9.17) is 5.11 Å². The van der Waals surface area contributed by atoms with Crippen molar-refractivity contribution in [3.8, 4) is 5.88 Å². The molecule has 1 unspecified atom stereocenters. The summed E-state index contributed by atoms with van der Waals surface area (Å²) in [5, 5.41) is 10.6. The van der Waals surface area contributed by atoms with Gasteiger partial charge in [0.15, 0.2) is 6.61 Å². The molecule has 1 atom stereocenters. The van der Waals surface area contributed by atoms with Gasteiger partial charge in [0.2, 0.25) is 12.3 Å². The summed E-state index contributed by atoms with van der Waals surface area (Å²) >= 11 is 0. The van der Waals surface area contributed by atoms with Crippen molar-refractivity contribution in [1.82, 2.24) is 10.3 Å². The molecule has 0 spiro atoms. The lowest BCUT2D eigenvalue weighted by Gasteiger charge is -2.14. The number of carbonyl (C=O) groups is 2. The molecule has 1 aromatic heterocycles. The zero-order chi connectivity index (χ0) is 17.6. The van der Waals surface area contributed by atoms with Crippen molar-refractivity contribution in [2.24, 2.45) is 0 Å². The maximum Gasteiger partial charge on any atom is 0.422 e. The highest BCUT2D eigenvalue weighted by Crippen LogP contribution is 2.17. The third-order valence-corrected chi connectivity index (χ3v) is 2.40. The number of pyridine rings is 1. The molecule has 0 aliphatic heterocycles. The summed E-state index contributed by atoms with van der Waals surface area (Å²) in [6.45, 7) is -1.63. The van der Waals surface area contributed by atoms with Gasteiger partial charge in [0, 0.05) is 24.2 Å². The first-order valence-corrected chi connectivity index (χ1v) is 6.06. The van der Waals surface area contributed by atoms with Crippen molar-refractivity contribution < 1.29 is 41.4 Å². The van der Waals surface area contributed by atoms with E-state index in [9.17, 15) is 31.5 Å². The Bertz CT molecular complexity index is 565. The van der Waals surface area contributed by atoms with Crippen LogP contribution >= 0.6 is 0 Å². The quantitative estimate of drug-likeness (QED) is 0.739. The van der Waals surface area contributed by atoms with Crippen molar-refractivity contribution in [1.29, 1.82) is 0 Å². The number of aliphatic carboxylic acids is 1. The Labute approximate surface area is 126 Å². The predicted molar refractivity (Wildman–Crippen MR) is 65.3 cm³/mol. The third-order valence-electron chi connectivity index (χ3n) is 2.40. The molecular formula is C12H11F5N2O4. The number of ether oxygens (including phenoxy) is 1. The minimum absolute atomic E-state index is 0.280. The van der Waals surface area contributed by atoms with Crippen LogP contribution in [0.3, 0.4) is 0 Å². The average molecular weight is 342 g/mol. The number of nitrogens with one attached hydrogen (secondary N) is 1. The standard InChI is InChI=1S/C12H11F5N2O4/c13-8(14)4-7(11(21)22)19-10(20)6-1-2-18-9(3-6)23-5-12(15,16)17/h1-3,7-8H,4-5H2,(H,19,20)(H,21,22). The first kappa shape index (κ1) is 18.6. The summed E-state index contributed by atoms with van der Waals surface area (Å²) in [5.41, 5.74) is -0.280. The first-order chi connectivity index (χ1) is 10.6. The summed E-state index contributed by atoms with van der Waals surface area (Å²) in [6, 6.07) is 0.0644. The smallest absolute Gasteiger partial charge is 0.422 e. The van der Waals surface area contributed by atoms with Crippen molar-refractivity contribution in [3.63, 3.8) is 0 Å². The van der Waals surface area contributed by atoms with E-state index in [1.54, 1.807) is 0 Å². The van der Waals surface area contributed by atoms with Gasteiger partial charge in [-0.25, -0.2) is 18.6 Å². The Kier molecular flexibility index (Phi) is 6.22. The molecule has 6 nitrogen and oxygen atoms in total. The van der Waals surface area contributed by atoms with Gasteiger partial charge in [0.05, 0.1) is 0 Å². The van der Waals surface area contributed by atoms with E-state index in [2.05, 4.69) is 9.72 Å². The minimum Gasteiger partial charge on any atom is -0.480 e. The molecule has 23 heavy (non-hydrogen) atoms. The van der Waals surface area contributed by atoms with E-state index >= 15 is 0 Å². The number of nitrogens with zero attached hydrogens (tertiary/aromatic N) is 1. The van der Waals surface area contributed by atoms with Gasteiger partial charge in [-0.05, 0) is 6.07 Å². The fourth-order valence-electron chi connectivity index (χ4n) is 1.43. The number of amides is 1. The van der Waals surface area contributed by atoms with Gasteiger partial charge >= 0.3 is 12.1 Å². The van der Waals surface area contributed by atoms with Crippen LogP contribution in [0, 0.1) is 0 Å². The fourth-order valence-corrected chi connectivity index (χ4v) is 1.43.